The van der Waals surface area contributed by atoms with Crippen LogP contribution in [-0.2, 0) is 0 Å². The van der Waals surface area contributed by atoms with Gasteiger partial charge in [-0.05, 0) is 54.6 Å². The van der Waals surface area contributed by atoms with Gasteiger partial charge in [0.1, 0.15) is 11.6 Å². The Morgan fingerprint density at radius 1 is 0.889 bits per heavy atom. The SMILES string of the molecule is O=C(/C=C/c1ccccc1F)c1ccc(OC(=O)c2ccccc2Cl)cc1. The standard InChI is InChI=1S/C22H14ClFO3/c23-19-7-3-2-6-18(19)22(26)27-17-12-9-16(10-13-17)21(25)14-11-15-5-1-4-8-20(15)24/h1-14H/b14-11+. The molecular weight excluding hydrogens is 367 g/mol. The van der Waals surface area contributed by atoms with Gasteiger partial charge in [-0.15, -0.1) is 0 Å². The molecule has 134 valence electrons. The number of carbonyl (C=O) groups excluding carboxylic acids is 2. The minimum Gasteiger partial charge on any atom is -0.423 e. The lowest BCUT2D eigenvalue weighted by Gasteiger charge is -2.06. The van der Waals surface area contributed by atoms with E-state index in [0.717, 1.165) is 0 Å². The third-order valence-corrected chi connectivity index (χ3v) is 4.09. The molecule has 0 heterocycles. The van der Waals surface area contributed by atoms with E-state index in [9.17, 15) is 14.0 Å². The minimum absolute atomic E-state index is 0.257. The van der Waals surface area contributed by atoms with Crippen LogP contribution in [0, 0.1) is 5.82 Å². The Bertz CT molecular complexity index is 1010. The summed E-state index contributed by atoms with van der Waals surface area (Å²) in [6.07, 6.45) is 2.71. The van der Waals surface area contributed by atoms with Gasteiger partial charge in [0, 0.05) is 11.1 Å². The maximum Gasteiger partial charge on any atom is 0.345 e. The van der Waals surface area contributed by atoms with E-state index >= 15 is 0 Å². The highest BCUT2D eigenvalue weighted by atomic mass is 35.5. The Kier molecular flexibility index (Phi) is 5.79. The predicted molar refractivity (Wildman–Crippen MR) is 103 cm³/mol. The molecule has 3 rings (SSSR count). The molecule has 3 aromatic carbocycles. The number of ketones is 1. The average molecular weight is 381 g/mol. The molecule has 3 nitrogen and oxygen atoms in total. The molecule has 0 aliphatic carbocycles. The summed E-state index contributed by atoms with van der Waals surface area (Å²) in [6.45, 7) is 0. The second-order valence-electron chi connectivity index (χ2n) is 5.61. The number of benzene rings is 3. The molecule has 0 spiro atoms. The minimum atomic E-state index is -0.584. The molecule has 0 fully saturated rings. The summed E-state index contributed by atoms with van der Waals surface area (Å²) >= 11 is 5.97. The van der Waals surface area contributed by atoms with Gasteiger partial charge < -0.3 is 4.74 Å². The maximum atomic E-state index is 13.6. The number of rotatable bonds is 5. The number of halogens is 2. The largest absolute Gasteiger partial charge is 0.423 e. The van der Waals surface area contributed by atoms with Gasteiger partial charge in [0.2, 0.25) is 0 Å². The molecule has 0 saturated heterocycles. The highest BCUT2D eigenvalue weighted by molar-refractivity contribution is 6.33. The molecule has 0 unspecified atom stereocenters. The van der Waals surface area contributed by atoms with E-state index in [1.165, 1.54) is 42.5 Å². The lowest BCUT2D eigenvalue weighted by atomic mass is 10.1. The quantitative estimate of drug-likeness (QED) is 0.250. The molecule has 0 aliphatic rings. The molecular formula is C22H14ClFO3. The molecule has 3 aromatic rings. The zero-order valence-corrected chi connectivity index (χ0v) is 14.8. The van der Waals surface area contributed by atoms with Crippen molar-refractivity contribution in [2.75, 3.05) is 0 Å². The number of esters is 1. The summed E-state index contributed by atoms with van der Waals surface area (Å²) < 4.78 is 18.8. The molecule has 0 aliphatic heterocycles. The Labute approximate surface area is 160 Å². The van der Waals surface area contributed by atoms with Gasteiger partial charge in [-0.1, -0.05) is 41.9 Å². The van der Waals surface area contributed by atoms with Crippen LogP contribution < -0.4 is 4.74 Å². The highest BCUT2D eigenvalue weighted by Gasteiger charge is 2.12. The number of hydrogen-bond acceptors (Lipinski definition) is 3. The first-order valence-electron chi connectivity index (χ1n) is 8.08. The number of hydrogen-bond donors (Lipinski definition) is 0. The van der Waals surface area contributed by atoms with Crippen LogP contribution in [0.2, 0.25) is 5.02 Å². The van der Waals surface area contributed by atoms with Gasteiger partial charge >= 0.3 is 5.97 Å². The molecule has 0 bridgehead atoms. The van der Waals surface area contributed by atoms with Crippen molar-refractivity contribution in [3.8, 4) is 5.75 Å². The van der Waals surface area contributed by atoms with Crippen molar-refractivity contribution < 1.29 is 18.7 Å². The van der Waals surface area contributed by atoms with Crippen LogP contribution in [0.4, 0.5) is 4.39 Å². The summed E-state index contributed by atoms with van der Waals surface area (Å²) in [5, 5.41) is 0.299. The van der Waals surface area contributed by atoms with Gasteiger partial charge in [0.05, 0.1) is 10.6 Å². The van der Waals surface area contributed by atoms with Gasteiger partial charge in [-0.2, -0.15) is 0 Å². The third-order valence-electron chi connectivity index (χ3n) is 3.76. The van der Waals surface area contributed by atoms with E-state index in [1.807, 2.05) is 0 Å². The number of carbonyl (C=O) groups is 2. The van der Waals surface area contributed by atoms with Crippen molar-refractivity contribution in [3.05, 3.63) is 106 Å². The molecule has 0 atom stereocenters. The average Bonchev–Trinajstić information content (AvgIpc) is 2.68. The summed E-state index contributed by atoms with van der Waals surface area (Å²) in [5.74, 6) is -0.987. The lowest BCUT2D eigenvalue weighted by molar-refractivity contribution is 0.0735. The topological polar surface area (TPSA) is 43.4 Å². The monoisotopic (exact) mass is 380 g/mol. The van der Waals surface area contributed by atoms with Crippen molar-refractivity contribution >= 4 is 29.4 Å². The second-order valence-corrected chi connectivity index (χ2v) is 6.02. The fourth-order valence-electron chi connectivity index (χ4n) is 2.35. The molecule has 0 amide bonds. The van der Waals surface area contributed by atoms with Crippen LogP contribution in [0.1, 0.15) is 26.3 Å². The summed E-state index contributed by atoms with van der Waals surface area (Å²) in [6, 6.07) is 18.8. The van der Waals surface area contributed by atoms with Gasteiger partial charge in [0.25, 0.3) is 0 Å². The van der Waals surface area contributed by atoms with E-state index in [1.54, 1.807) is 42.5 Å². The Balaban J connectivity index is 1.68. The van der Waals surface area contributed by atoms with Crippen molar-refractivity contribution in [2.24, 2.45) is 0 Å². The predicted octanol–water partition coefficient (Wildman–Crippen LogP) is 5.59. The van der Waals surface area contributed by atoms with Crippen molar-refractivity contribution in [3.63, 3.8) is 0 Å². The van der Waals surface area contributed by atoms with E-state index in [4.69, 9.17) is 16.3 Å². The fraction of sp³-hybridized carbons (Fsp3) is 0. The maximum absolute atomic E-state index is 13.6. The zero-order valence-electron chi connectivity index (χ0n) is 14.1. The highest BCUT2D eigenvalue weighted by Crippen LogP contribution is 2.19. The first-order chi connectivity index (χ1) is 13.0. The number of allylic oxidation sites excluding steroid dienone is 1. The number of ether oxygens (including phenoxy) is 1. The summed E-state index contributed by atoms with van der Waals surface area (Å²) in [4.78, 5) is 24.3. The first-order valence-corrected chi connectivity index (χ1v) is 8.46. The van der Waals surface area contributed by atoms with Crippen LogP contribution in [0.15, 0.2) is 78.9 Å². The molecule has 27 heavy (non-hydrogen) atoms. The van der Waals surface area contributed by atoms with Crippen molar-refractivity contribution in [1.82, 2.24) is 0 Å². The molecule has 0 N–H and O–H groups in total. The van der Waals surface area contributed by atoms with E-state index in [-0.39, 0.29) is 17.1 Å². The van der Waals surface area contributed by atoms with Crippen LogP contribution in [0.25, 0.3) is 6.08 Å². The molecule has 0 aromatic heterocycles. The van der Waals surface area contributed by atoms with Crippen molar-refractivity contribution in [2.45, 2.75) is 0 Å². The summed E-state index contributed by atoms with van der Waals surface area (Å²) in [5.41, 5.74) is 0.975. The fourth-order valence-corrected chi connectivity index (χ4v) is 2.56. The van der Waals surface area contributed by atoms with Crippen LogP contribution >= 0.6 is 11.6 Å². The Morgan fingerprint density at radius 3 is 2.26 bits per heavy atom. The Morgan fingerprint density at radius 2 is 1.56 bits per heavy atom. The zero-order chi connectivity index (χ0) is 19.2. The first kappa shape index (κ1) is 18.5. The van der Waals surface area contributed by atoms with Gasteiger partial charge in [-0.25, -0.2) is 9.18 Å². The smallest absolute Gasteiger partial charge is 0.345 e. The second kappa shape index (κ2) is 8.43. The lowest BCUT2D eigenvalue weighted by Crippen LogP contribution is -2.09. The van der Waals surface area contributed by atoms with E-state index < -0.39 is 11.8 Å². The van der Waals surface area contributed by atoms with E-state index in [2.05, 4.69) is 0 Å². The van der Waals surface area contributed by atoms with Crippen molar-refractivity contribution in [1.29, 1.82) is 0 Å². The Hall–Kier alpha value is -3.24. The van der Waals surface area contributed by atoms with Gasteiger partial charge in [0.15, 0.2) is 5.78 Å². The molecule has 0 radical (unpaired) electrons. The third kappa shape index (κ3) is 4.68. The normalized spacial score (nSPS) is 10.7. The summed E-state index contributed by atoms with van der Waals surface area (Å²) in [7, 11) is 0. The van der Waals surface area contributed by atoms with Crippen LogP contribution in [0.5, 0.6) is 5.75 Å². The van der Waals surface area contributed by atoms with Gasteiger partial charge in [-0.3, -0.25) is 4.79 Å². The van der Waals surface area contributed by atoms with Crippen LogP contribution in [-0.4, -0.2) is 11.8 Å². The van der Waals surface area contributed by atoms with E-state index in [0.29, 0.717) is 16.1 Å². The molecule has 5 heteroatoms. The van der Waals surface area contributed by atoms with Crippen LogP contribution in [0.3, 0.4) is 0 Å². The molecule has 0 saturated carbocycles.